The van der Waals surface area contributed by atoms with E-state index in [-0.39, 0.29) is 11.2 Å². The van der Waals surface area contributed by atoms with E-state index < -0.39 is 8.25 Å². The van der Waals surface area contributed by atoms with E-state index in [1.165, 1.54) is 38.5 Å². The predicted molar refractivity (Wildman–Crippen MR) is 102 cm³/mol. The Morgan fingerprint density at radius 2 is 1.21 bits per heavy atom. The van der Waals surface area contributed by atoms with Gasteiger partial charge < -0.3 is 9.05 Å². The van der Waals surface area contributed by atoms with Gasteiger partial charge in [-0.25, -0.2) is 0 Å². The molecule has 24 heavy (non-hydrogen) atoms. The molecule has 4 unspecified atom stereocenters. The van der Waals surface area contributed by atoms with E-state index in [1.54, 1.807) is 0 Å². The van der Waals surface area contributed by atoms with Crippen LogP contribution in [0.2, 0.25) is 0 Å². The fourth-order valence-corrected chi connectivity index (χ4v) is 6.94. The Labute approximate surface area is 150 Å². The van der Waals surface area contributed by atoms with Gasteiger partial charge in [0.05, 0.1) is 11.2 Å². The zero-order chi connectivity index (χ0) is 17.6. The van der Waals surface area contributed by atoms with Crippen LogP contribution in [0.25, 0.3) is 0 Å². The van der Waals surface area contributed by atoms with Gasteiger partial charge in [-0.3, -0.25) is 4.57 Å². The van der Waals surface area contributed by atoms with Crippen LogP contribution in [0, 0.1) is 11.8 Å². The molecular weight excluding hydrogens is 319 g/mol. The second-order valence-corrected chi connectivity index (χ2v) is 8.90. The Morgan fingerprint density at radius 1 is 0.792 bits per heavy atom. The average Bonchev–Trinajstić information content (AvgIpc) is 2.62. The average molecular weight is 359 g/mol. The van der Waals surface area contributed by atoms with Gasteiger partial charge in [0.25, 0.3) is 0 Å². The van der Waals surface area contributed by atoms with Crippen molar-refractivity contribution in [2.75, 3.05) is 0 Å². The summed E-state index contributed by atoms with van der Waals surface area (Å²) in [7, 11) is -2.46. The highest BCUT2D eigenvalue weighted by molar-refractivity contribution is 7.33. The van der Waals surface area contributed by atoms with Gasteiger partial charge in [0.1, 0.15) is 0 Å². The Hall–Kier alpha value is 0.150. The molecule has 2 aliphatic carbocycles. The summed E-state index contributed by atoms with van der Waals surface area (Å²) in [6.07, 6.45) is 13.5. The highest BCUT2D eigenvalue weighted by atomic mass is 31.1. The van der Waals surface area contributed by atoms with Crippen molar-refractivity contribution in [3.63, 3.8) is 0 Å². The van der Waals surface area contributed by atoms with Crippen LogP contribution in [-0.2, 0) is 13.6 Å². The fraction of sp³-hybridized carbons (Fsp3) is 1.00. The minimum atomic E-state index is -2.46. The van der Waals surface area contributed by atoms with E-state index in [0.717, 1.165) is 38.5 Å². The third-order valence-corrected chi connectivity index (χ3v) is 8.20. The summed E-state index contributed by atoms with van der Waals surface area (Å²) in [5.74, 6) is 1.06. The highest BCUT2D eigenvalue weighted by Gasteiger charge is 2.44. The molecule has 0 aromatic heterocycles. The van der Waals surface area contributed by atoms with Gasteiger partial charge in [0, 0.05) is 0 Å². The van der Waals surface area contributed by atoms with Crippen molar-refractivity contribution in [2.45, 2.75) is 116 Å². The van der Waals surface area contributed by atoms with Gasteiger partial charge >= 0.3 is 8.25 Å². The van der Waals surface area contributed by atoms with Crippen molar-refractivity contribution in [3.8, 4) is 0 Å². The van der Waals surface area contributed by atoms with Gasteiger partial charge in [0.15, 0.2) is 0 Å². The summed E-state index contributed by atoms with van der Waals surface area (Å²) in [5.41, 5.74) is -0.428. The first-order chi connectivity index (χ1) is 11.6. The van der Waals surface area contributed by atoms with Gasteiger partial charge in [0.2, 0.25) is 0 Å². The lowest BCUT2D eigenvalue weighted by molar-refractivity contribution is -0.0720. The molecule has 0 aliphatic heterocycles. The molecule has 2 saturated carbocycles. The summed E-state index contributed by atoms with van der Waals surface area (Å²) >= 11 is 0. The molecule has 4 atom stereocenters. The number of hydrogen-bond acceptors (Lipinski definition) is 3. The molecule has 0 spiro atoms. The van der Waals surface area contributed by atoms with Crippen molar-refractivity contribution < 1.29 is 13.6 Å². The molecular formula is C20H39O3P. The van der Waals surface area contributed by atoms with Crippen LogP contribution in [0.3, 0.4) is 0 Å². The molecule has 0 aromatic carbocycles. The smallest absolute Gasteiger partial charge is 0.304 e. The van der Waals surface area contributed by atoms with Crippen molar-refractivity contribution in [1.29, 1.82) is 0 Å². The third kappa shape index (κ3) is 4.27. The van der Waals surface area contributed by atoms with Crippen LogP contribution in [0.1, 0.15) is 105 Å². The summed E-state index contributed by atoms with van der Waals surface area (Å²) < 4.78 is 25.5. The van der Waals surface area contributed by atoms with E-state index >= 15 is 0 Å². The van der Waals surface area contributed by atoms with E-state index in [9.17, 15) is 4.57 Å². The van der Waals surface area contributed by atoms with E-state index in [0.29, 0.717) is 11.8 Å². The van der Waals surface area contributed by atoms with Crippen LogP contribution in [0.15, 0.2) is 0 Å². The normalized spacial score (nSPS) is 38.8. The molecule has 0 N–H and O–H groups in total. The van der Waals surface area contributed by atoms with E-state index in [1.807, 2.05) is 0 Å². The lowest BCUT2D eigenvalue weighted by Gasteiger charge is -2.46. The summed E-state index contributed by atoms with van der Waals surface area (Å²) in [4.78, 5) is 0. The molecule has 2 rings (SSSR count). The van der Waals surface area contributed by atoms with Crippen LogP contribution in [0.5, 0.6) is 0 Å². The molecule has 0 aromatic rings. The zero-order valence-corrected chi connectivity index (χ0v) is 17.4. The van der Waals surface area contributed by atoms with Gasteiger partial charge in [-0.05, 0) is 50.4 Å². The Bertz CT molecular complexity index is 378. The number of hydrogen-bond donors (Lipinski definition) is 0. The van der Waals surface area contributed by atoms with Crippen molar-refractivity contribution in [2.24, 2.45) is 11.8 Å². The summed E-state index contributed by atoms with van der Waals surface area (Å²) in [5, 5.41) is 0. The topological polar surface area (TPSA) is 35.5 Å². The zero-order valence-electron chi connectivity index (χ0n) is 16.4. The molecule has 0 amide bonds. The largest absolute Gasteiger partial charge is 0.320 e. The second kappa shape index (κ2) is 9.19. The maximum atomic E-state index is 13.0. The molecule has 142 valence electrons. The van der Waals surface area contributed by atoms with Crippen molar-refractivity contribution >= 4 is 8.25 Å². The quantitative estimate of drug-likeness (QED) is 0.442. The van der Waals surface area contributed by atoms with Crippen LogP contribution < -0.4 is 0 Å². The Balaban J connectivity index is 2.09. The first-order valence-corrected chi connectivity index (χ1v) is 11.7. The van der Waals surface area contributed by atoms with Gasteiger partial charge in [-0.15, -0.1) is 0 Å². The van der Waals surface area contributed by atoms with Crippen LogP contribution in [-0.4, -0.2) is 11.2 Å². The molecule has 2 aliphatic rings. The van der Waals surface area contributed by atoms with Crippen molar-refractivity contribution in [1.82, 2.24) is 0 Å². The molecule has 3 nitrogen and oxygen atoms in total. The number of rotatable bonds is 8. The standard InChI is InChI=1S/C20H39O3P/c1-5-17-13-9-11-15-19(17,7-3)22-24(21)23-20(8-4)16-12-10-14-18(20)6-2/h17-18,24H,5-16H2,1-4H3. The molecule has 0 bridgehead atoms. The highest BCUT2D eigenvalue weighted by Crippen LogP contribution is 2.52. The predicted octanol–water partition coefficient (Wildman–Crippen LogP) is 6.91. The Kier molecular flexibility index (Phi) is 7.84. The fourth-order valence-electron chi connectivity index (χ4n) is 5.41. The third-order valence-electron chi connectivity index (χ3n) is 7.05. The Morgan fingerprint density at radius 3 is 1.54 bits per heavy atom. The van der Waals surface area contributed by atoms with Crippen molar-refractivity contribution in [3.05, 3.63) is 0 Å². The monoisotopic (exact) mass is 358 g/mol. The molecule has 0 radical (unpaired) electrons. The summed E-state index contributed by atoms with van der Waals surface area (Å²) in [6.45, 7) is 8.86. The van der Waals surface area contributed by atoms with Crippen LogP contribution >= 0.6 is 8.25 Å². The minimum absolute atomic E-state index is 0.214. The van der Waals surface area contributed by atoms with E-state index in [2.05, 4.69) is 27.7 Å². The molecule has 0 saturated heterocycles. The molecule has 0 heterocycles. The first kappa shape index (κ1) is 20.5. The SMILES string of the molecule is CCC1CCCCC1(CC)O[PH](=O)OC1(CC)CCCCC1CC. The van der Waals surface area contributed by atoms with Gasteiger partial charge in [-0.2, -0.15) is 0 Å². The lowest BCUT2D eigenvalue weighted by atomic mass is 9.73. The minimum Gasteiger partial charge on any atom is -0.304 e. The van der Waals surface area contributed by atoms with Gasteiger partial charge in [-0.1, -0.05) is 66.2 Å². The van der Waals surface area contributed by atoms with Crippen LogP contribution in [0.4, 0.5) is 0 Å². The second-order valence-electron chi connectivity index (χ2n) is 7.99. The molecule has 4 heteroatoms. The maximum absolute atomic E-state index is 13.0. The lowest BCUT2D eigenvalue weighted by Crippen LogP contribution is -2.43. The molecule has 2 fully saturated rings. The maximum Gasteiger partial charge on any atom is 0.320 e. The first-order valence-electron chi connectivity index (χ1n) is 10.5. The van der Waals surface area contributed by atoms with E-state index in [4.69, 9.17) is 9.05 Å². The summed E-state index contributed by atoms with van der Waals surface area (Å²) in [6, 6.07) is 0.